The molecule has 0 atom stereocenters. The molecule has 1 aromatic carbocycles. The van der Waals surface area contributed by atoms with E-state index in [-0.39, 0.29) is 11.0 Å². The minimum Gasteiger partial charge on any atom is -0.263 e. The van der Waals surface area contributed by atoms with Crippen LogP contribution in [0.5, 0.6) is 0 Å². The van der Waals surface area contributed by atoms with Crippen LogP contribution in [0.1, 0.15) is 31.2 Å². The first kappa shape index (κ1) is 11.2. The summed E-state index contributed by atoms with van der Waals surface area (Å²) in [4.78, 5) is 0.264. The van der Waals surface area contributed by atoms with Crippen LogP contribution in [0.4, 0.5) is 0 Å². The van der Waals surface area contributed by atoms with E-state index in [2.05, 4.69) is 0 Å². The van der Waals surface area contributed by atoms with Crippen LogP contribution < -0.4 is 0 Å². The third-order valence-corrected chi connectivity index (χ3v) is 5.23. The fraction of sp³-hybridized carbons (Fsp3) is 0.538. The Bertz CT molecular complexity index is 518. The first-order valence-corrected chi connectivity index (χ1v) is 7.40. The molecule has 0 bridgehead atoms. The van der Waals surface area contributed by atoms with E-state index >= 15 is 0 Å². The lowest BCUT2D eigenvalue weighted by Gasteiger charge is -2.34. The molecule has 4 heteroatoms. The van der Waals surface area contributed by atoms with Crippen molar-refractivity contribution in [3.05, 3.63) is 29.8 Å². The van der Waals surface area contributed by atoms with E-state index in [1.165, 1.54) is 12.8 Å². The molecule has 0 amide bonds. The van der Waals surface area contributed by atoms with E-state index < -0.39 is 10.1 Å². The summed E-state index contributed by atoms with van der Waals surface area (Å²) in [5.41, 5.74) is 1.51. The predicted molar refractivity (Wildman–Crippen MR) is 64.1 cm³/mol. The molecule has 0 aliphatic heterocycles. The summed E-state index contributed by atoms with van der Waals surface area (Å²) >= 11 is 0. The smallest absolute Gasteiger partial charge is 0.263 e. The molecule has 0 unspecified atom stereocenters. The average molecular weight is 252 g/mol. The molecule has 0 N–H and O–H groups in total. The van der Waals surface area contributed by atoms with E-state index in [1.807, 2.05) is 6.92 Å². The number of aryl methyl sites for hydroxylation is 1. The Balaban J connectivity index is 1.70. The molecule has 3 nitrogen and oxygen atoms in total. The minimum atomic E-state index is -3.56. The van der Waals surface area contributed by atoms with Gasteiger partial charge in [0.15, 0.2) is 0 Å². The van der Waals surface area contributed by atoms with Gasteiger partial charge in [0, 0.05) is 0 Å². The van der Waals surface area contributed by atoms with Crippen molar-refractivity contribution >= 4 is 10.1 Å². The maximum atomic E-state index is 12.0. The number of rotatable bonds is 3. The van der Waals surface area contributed by atoms with Crippen molar-refractivity contribution in [2.75, 3.05) is 0 Å². The van der Waals surface area contributed by atoms with Crippen molar-refractivity contribution < 1.29 is 12.6 Å². The van der Waals surface area contributed by atoms with Gasteiger partial charge >= 0.3 is 0 Å². The summed E-state index contributed by atoms with van der Waals surface area (Å²) in [6.07, 6.45) is 4.23. The van der Waals surface area contributed by atoms with Gasteiger partial charge in [0.2, 0.25) is 0 Å². The molecule has 2 aliphatic rings. The maximum Gasteiger partial charge on any atom is 0.297 e. The van der Waals surface area contributed by atoms with E-state index in [4.69, 9.17) is 4.18 Å². The summed E-state index contributed by atoms with van der Waals surface area (Å²) in [5, 5.41) is 0. The topological polar surface area (TPSA) is 43.4 Å². The van der Waals surface area contributed by atoms with E-state index in [0.717, 1.165) is 18.4 Å². The normalized spacial score (nSPS) is 22.4. The Morgan fingerprint density at radius 1 is 1.18 bits per heavy atom. The second-order valence-corrected chi connectivity index (χ2v) is 6.97. The van der Waals surface area contributed by atoms with Gasteiger partial charge in [-0.05, 0) is 50.2 Å². The Morgan fingerprint density at radius 2 is 1.76 bits per heavy atom. The highest BCUT2D eigenvalue weighted by Gasteiger charge is 2.54. The summed E-state index contributed by atoms with van der Waals surface area (Å²) in [6.45, 7) is 1.93. The van der Waals surface area contributed by atoms with E-state index in [0.29, 0.717) is 5.41 Å². The Morgan fingerprint density at radius 3 is 2.29 bits per heavy atom. The molecule has 0 saturated heterocycles. The second kappa shape index (κ2) is 3.56. The molecular weight excluding hydrogens is 236 g/mol. The summed E-state index contributed by atoms with van der Waals surface area (Å²) < 4.78 is 29.2. The highest BCUT2D eigenvalue weighted by atomic mass is 32.2. The van der Waals surface area contributed by atoms with Gasteiger partial charge in [-0.1, -0.05) is 17.7 Å². The zero-order chi connectivity index (χ0) is 12.1. The van der Waals surface area contributed by atoms with Crippen LogP contribution in [0.2, 0.25) is 0 Å². The monoisotopic (exact) mass is 252 g/mol. The van der Waals surface area contributed by atoms with Crippen LogP contribution in [-0.4, -0.2) is 14.5 Å². The van der Waals surface area contributed by atoms with Crippen molar-refractivity contribution in [1.82, 2.24) is 0 Å². The number of hydrogen-bond donors (Lipinski definition) is 0. The van der Waals surface area contributed by atoms with Crippen molar-refractivity contribution in [2.24, 2.45) is 5.41 Å². The quantitative estimate of drug-likeness (QED) is 0.777. The molecule has 0 aromatic heterocycles. The number of hydrogen-bond acceptors (Lipinski definition) is 3. The Labute approximate surface area is 102 Å². The lowest BCUT2D eigenvalue weighted by Crippen LogP contribution is -2.34. The first-order valence-electron chi connectivity index (χ1n) is 5.99. The third kappa shape index (κ3) is 2.11. The molecular formula is C13H16O3S. The van der Waals surface area contributed by atoms with Crippen LogP contribution in [-0.2, 0) is 14.3 Å². The molecule has 17 heavy (non-hydrogen) atoms. The van der Waals surface area contributed by atoms with E-state index in [9.17, 15) is 8.42 Å². The van der Waals surface area contributed by atoms with Crippen LogP contribution >= 0.6 is 0 Å². The van der Waals surface area contributed by atoms with Crippen molar-refractivity contribution in [2.45, 2.75) is 43.6 Å². The molecule has 1 spiro atoms. The fourth-order valence-corrected chi connectivity index (χ4v) is 3.57. The van der Waals surface area contributed by atoms with Crippen LogP contribution in [0.25, 0.3) is 0 Å². The second-order valence-electron chi connectivity index (χ2n) is 5.39. The Hall–Kier alpha value is -0.870. The van der Waals surface area contributed by atoms with Gasteiger partial charge in [0.25, 0.3) is 10.1 Å². The highest BCUT2D eigenvalue weighted by molar-refractivity contribution is 7.86. The molecule has 0 heterocycles. The summed E-state index contributed by atoms with van der Waals surface area (Å²) in [7, 11) is -3.56. The molecule has 2 fully saturated rings. The van der Waals surface area contributed by atoms with Crippen LogP contribution in [0.3, 0.4) is 0 Å². The predicted octanol–water partition coefficient (Wildman–Crippen LogP) is 2.64. The van der Waals surface area contributed by atoms with Crippen LogP contribution in [0, 0.1) is 12.3 Å². The molecule has 2 saturated carbocycles. The van der Waals surface area contributed by atoms with E-state index in [1.54, 1.807) is 24.3 Å². The van der Waals surface area contributed by atoms with Crippen LogP contribution in [0.15, 0.2) is 29.2 Å². The minimum absolute atomic E-state index is 0.0937. The van der Waals surface area contributed by atoms with Gasteiger partial charge in [-0.15, -0.1) is 0 Å². The molecule has 3 rings (SSSR count). The highest BCUT2D eigenvalue weighted by Crippen LogP contribution is 2.61. The average Bonchev–Trinajstić information content (AvgIpc) is 2.97. The van der Waals surface area contributed by atoms with Gasteiger partial charge in [0.1, 0.15) is 0 Å². The van der Waals surface area contributed by atoms with Gasteiger partial charge in [-0.2, -0.15) is 8.42 Å². The maximum absolute atomic E-state index is 12.0. The largest absolute Gasteiger partial charge is 0.297 e. The fourth-order valence-electron chi connectivity index (χ4n) is 2.50. The lowest BCUT2D eigenvalue weighted by molar-refractivity contribution is 0.0562. The standard InChI is InChI=1S/C13H16O3S/c1-10-2-4-12(5-3-10)17(14,15)16-11-8-13(9-11)6-7-13/h2-5,11H,6-9H2,1H3. The van der Waals surface area contributed by atoms with Crippen molar-refractivity contribution in [3.8, 4) is 0 Å². The van der Waals surface area contributed by atoms with Gasteiger partial charge in [0.05, 0.1) is 11.0 Å². The van der Waals surface area contributed by atoms with Gasteiger partial charge in [-0.25, -0.2) is 0 Å². The molecule has 92 valence electrons. The zero-order valence-corrected chi connectivity index (χ0v) is 10.7. The zero-order valence-electron chi connectivity index (χ0n) is 9.85. The third-order valence-electron chi connectivity index (χ3n) is 3.85. The molecule has 1 aromatic rings. The first-order chi connectivity index (χ1) is 7.99. The molecule has 2 aliphatic carbocycles. The van der Waals surface area contributed by atoms with Gasteiger partial charge < -0.3 is 0 Å². The Kier molecular flexibility index (Phi) is 2.35. The summed E-state index contributed by atoms with van der Waals surface area (Å²) in [6, 6.07) is 6.80. The summed E-state index contributed by atoms with van der Waals surface area (Å²) in [5.74, 6) is 0. The van der Waals surface area contributed by atoms with Crippen molar-refractivity contribution in [3.63, 3.8) is 0 Å². The lowest BCUT2D eigenvalue weighted by atomic mass is 9.79. The molecule has 0 radical (unpaired) electrons. The van der Waals surface area contributed by atoms with Crippen molar-refractivity contribution in [1.29, 1.82) is 0 Å². The van der Waals surface area contributed by atoms with Gasteiger partial charge in [-0.3, -0.25) is 4.18 Å². The number of benzene rings is 1. The SMILES string of the molecule is Cc1ccc(S(=O)(=O)OC2CC3(CC3)C2)cc1.